The van der Waals surface area contributed by atoms with Gasteiger partial charge < -0.3 is 15.2 Å². The Kier molecular flexibility index (Phi) is 4.02. The second-order valence-corrected chi connectivity index (χ2v) is 5.99. The Labute approximate surface area is 134 Å². The van der Waals surface area contributed by atoms with Gasteiger partial charge >= 0.3 is 0 Å². The van der Waals surface area contributed by atoms with Crippen LogP contribution in [0.15, 0.2) is 10.6 Å². The fraction of sp³-hybridized carbons (Fsp3) is 0.500. The first-order chi connectivity index (χ1) is 11.0. The van der Waals surface area contributed by atoms with Crippen molar-refractivity contribution in [2.75, 3.05) is 12.3 Å². The van der Waals surface area contributed by atoms with Crippen molar-refractivity contribution >= 4 is 11.7 Å². The molecule has 0 spiro atoms. The molecule has 0 radical (unpaired) electrons. The number of carbonyl (C=O) groups is 1. The van der Waals surface area contributed by atoms with Gasteiger partial charge in [0.05, 0.1) is 23.9 Å². The summed E-state index contributed by atoms with van der Waals surface area (Å²) in [4.78, 5) is 23.2. The molecule has 7 heteroatoms. The molecule has 0 aromatic carbocycles. The summed E-state index contributed by atoms with van der Waals surface area (Å²) in [6.07, 6.45) is 2.15. The number of rotatable bonds is 3. The largest absolute Gasteiger partial charge is 0.384 e. The molecule has 0 saturated carbocycles. The number of amides is 1. The summed E-state index contributed by atoms with van der Waals surface area (Å²) in [7, 11) is 0. The minimum Gasteiger partial charge on any atom is -0.384 e. The molecule has 1 atom stereocenters. The Morgan fingerprint density at radius 2 is 2.17 bits per heavy atom. The Bertz CT molecular complexity index is 700. The number of nitrogens with zero attached hydrogens (tertiary/aromatic N) is 4. The average molecular weight is 315 g/mol. The van der Waals surface area contributed by atoms with E-state index in [0.29, 0.717) is 23.8 Å². The molecule has 1 aliphatic heterocycles. The van der Waals surface area contributed by atoms with E-state index < -0.39 is 0 Å². The molecule has 3 rings (SSSR count). The van der Waals surface area contributed by atoms with Gasteiger partial charge in [-0.3, -0.25) is 4.79 Å². The predicted molar refractivity (Wildman–Crippen MR) is 84.6 cm³/mol. The molecule has 0 bridgehead atoms. The topological polar surface area (TPSA) is 98.1 Å². The van der Waals surface area contributed by atoms with Crippen LogP contribution in [0.2, 0.25) is 0 Å². The van der Waals surface area contributed by atoms with Crippen molar-refractivity contribution < 1.29 is 9.32 Å². The van der Waals surface area contributed by atoms with E-state index >= 15 is 0 Å². The molecule has 1 fully saturated rings. The van der Waals surface area contributed by atoms with Crippen molar-refractivity contribution in [3.05, 3.63) is 34.6 Å². The van der Waals surface area contributed by atoms with Crippen LogP contribution in [-0.4, -0.2) is 32.5 Å². The number of anilines is 1. The molecule has 1 saturated heterocycles. The standard InChI is InChI=1S/C16H21N5O2/c1-9-12(10(2)23-20-9)7-16(22)21-6-4-5-14(21)13-8-15(17)19-11(3)18-13/h8,14H,4-7H2,1-3H3,(H2,17,18,19)/t14-/m1/s1. The summed E-state index contributed by atoms with van der Waals surface area (Å²) in [5.74, 6) is 1.84. The van der Waals surface area contributed by atoms with Crippen LogP contribution in [-0.2, 0) is 11.2 Å². The van der Waals surface area contributed by atoms with Crippen LogP contribution >= 0.6 is 0 Å². The maximum Gasteiger partial charge on any atom is 0.227 e. The zero-order chi connectivity index (χ0) is 16.6. The van der Waals surface area contributed by atoms with Crippen molar-refractivity contribution in [2.24, 2.45) is 0 Å². The summed E-state index contributed by atoms with van der Waals surface area (Å²) >= 11 is 0. The molecule has 0 aliphatic carbocycles. The fourth-order valence-electron chi connectivity index (χ4n) is 3.17. The van der Waals surface area contributed by atoms with Gasteiger partial charge in [-0.25, -0.2) is 9.97 Å². The van der Waals surface area contributed by atoms with E-state index in [9.17, 15) is 4.79 Å². The normalized spacial score (nSPS) is 17.7. The van der Waals surface area contributed by atoms with Crippen molar-refractivity contribution in [1.82, 2.24) is 20.0 Å². The highest BCUT2D eigenvalue weighted by molar-refractivity contribution is 5.80. The van der Waals surface area contributed by atoms with Gasteiger partial charge in [0.15, 0.2) is 0 Å². The third-order valence-electron chi connectivity index (χ3n) is 4.30. The van der Waals surface area contributed by atoms with Gasteiger partial charge in [-0.1, -0.05) is 5.16 Å². The molecule has 1 amide bonds. The van der Waals surface area contributed by atoms with E-state index in [0.717, 1.165) is 36.3 Å². The van der Waals surface area contributed by atoms with Crippen molar-refractivity contribution in [3.63, 3.8) is 0 Å². The van der Waals surface area contributed by atoms with Crippen LogP contribution in [0.25, 0.3) is 0 Å². The first kappa shape index (κ1) is 15.5. The van der Waals surface area contributed by atoms with E-state index in [-0.39, 0.29) is 11.9 Å². The van der Waals surface area contributed by atoms with Crippen LogP contribution in [0.3, 0.4) is 0 Å². The zero-order valence-electron chi connectivity index (χ0n) is 13.7. The van der Waals surface area contributed by atoms with Gasteiger partial charge in [0.25, 0.3) is 0 Å². The Morgan fingerprint density at radius 1 is 1.39 bits per heavy atom. The summed E-state index contributed by atoms with van der Waals surface area (Å²) in [5, 5.41) is 3.91. The van der Waals surface area contributed by atoms with E-state index in [4.69, 9.17) is 10.3 Å². The minimum atomic E-state index is -0.0352. The fourth-order valence-corrected chi connectivity index (χ4v) is 3.17. The second-order valence-electron chi connectivity index (χ2n) is 5.99. The Balaban J connectivity index is 1.82. The van der Waals surface area contributed by atoms with E-state index in [1.165, 1.54) is 0 Å². The van der Waals surface area contributed by atoms with Gasteiger partial charge in [0, 0.05) is 18.2 Å². The third kappa shape index (κ3) is 3.04. The minimum absolute atomic E-state index is 0.0352. The second kappa shape index (κ2) is 5.98. The number of hydrogen-bond acceptors (Lipinski definition) is 6. The molecular weight excluding hydrogens is 294 g/mol. The first-order valence-electron chi connectivity index (χ1n) is 7.78. The number of nitrogens with two attached hydrogens (primary N) is 1. The number of nitrogen functional groups attached to an aromatic ring is 1. The van der Waals surface area contributed by atoms with Crippen molar-refractivity contribution in [3.8, 4) is 0 Å². The highest BCUT2D eigenvalue weighted by Gasteiger charge is 2.32. The van der Waals surface area contributed by atoms with E-state index in [2.05, 4.69) is 15.1 Å². The van der Waals surface area contributed by atoms with E-state index in [1.807, 2.05) is 25.7 Å². The number of likely N-dealkylation sites (tertiary alicyclic amines) is 1. The number of aromatic nitrogens is 3. The Morgan fingerprint density at radius 3 is 2.83 bits per heavy atom. The van der Waals surface area contributed by atoms with Crippen LogP contribution < -0.4 is 5.73 Å². The summed E-state index contributed by atoms with van der Waals surface area (Å²) in [5.41, 5.74) is 8.29. The molecule has 2 N–H and O–H groups in total. The lowest BCUT2D eigenvalue weighted by Crippen LogP contribution is -2.32. The van der Waals surface area contributed by atoms with Crippen LogP contribution in [0.4, 0.5) is 5.82 Å². The van der Waals surface area contributed by atoms with Gasteiger partial charge in [0.2, 0.25) is 5.91 Å². The number of carbonyl (C=O) groups excluding carboxylic acids is 1. The molecule has 122 valence electrons. The molecular formula is C16H21N5O2. The molecule has 2 aromatic rings. The molecule has 1 aliphatic rings. The SMILES string of the molecule is Cc1nc(N)cc([C@H]2CCCN2C(=O)Cc2c(C)noc2C)n1. The van der Waals surface area contributed by atoms with Gasteiger partial charge in [-0.15, -0.1) is 0 Å². The quantitative estimate of drug-likeness (QED) is 0.928. The summed E-state index contributed by atoms with van der Waals surface area (Å²) < 4.78 is 5.14. The number of aryl methyl sites for hydroxylation is 3. The number of hydrogen-bond donors (Lipinski definition) is 1. The molecule has 23 heavy (non-hydrogen) atoms. The first-order valence-corrected chi connectivity index (χ1v) is 7.78. The lowest BCUT2D eigenvalue weighted by molar-refractivity contribution is -0.131. The van der Waals surface area contributed by atoms with Gasteiger partial charge in [-0.2, -0.15) is 0 Å². The molecule has 2 aromatic heterocycles. The van der Waals surface area contributed by atoms with Crippen LogP contribution in [0.1, 0.15) is 47.4 Å². The lowest BCUT2D eigenvalue weighted by Gasteiger charge is -2.24. The van der Waals surface area contributed by atoms with Crippen molar-refractivity contribution in [1.29, 1.82) is 0 Å². The summed E-state index contributed by atoms with van der Waals surface area (Å²) in [6.45, 7) is 6.23. The smallest absolute Gasteiger partial charge is 0.227 e. The highest BCUT2D eigenvalue weighted by Crippen LogP contribution is 2.32. The third-order valence-corrected chi connectivity index (χ3v) is 4.30. The van der Waals surface area contributed by atoms with Gasteiger partial charge in [0.1, 0.15) is 17.4 Å². The summed E-state index contributed by atoms with van der Waals surface area (Å²) in [6, 6.07) is 1.73. The van der Waals surface area contributed by atoms with Crippen LogP contribution in [0.5, 0.6) is 0 Å². The molecule has 7 nitrogen and oxygen atoms in total. The maximum absolute atomic E-state index is 12.8. The Hall–Kier alpha value is -2.44. The average Bonchev–Trinajstić information content (AvgIpc) is 3.08. The van der Waals surface area contributed by atoms with E-state index in [1.54, 1.807) is 6.07 Å². The van der Waals surface area contributed by atoms with Crippen molar-refractivity contribution in [2.45, 2.75) is 46.1 Å². The molecule has 0 unspecified atom stereocenters. The van der Waals surface area contributed by atoms with Crippen LogP contribution in [0, 0.1) is 20.8 Å². The lowest BCUT2D eigenvalue weighted by atomic mass is 10.1. The highest BCUT2D eigenvalue weighted by atomic mass is 16.5. The monoisotopic (exact) mass is 315 g/mol. The van der Waals surface area contributed by atoms with Gasteiger partial charge in [-0.05, 0) is 33.6 Å². The molecule has 3 heterocycles. The zero-order valence-corrected chi connectivity index (χ0v) is 13.7. The predicted octanol–water partition coefficient (Wildman–Crippen LogP) is 1.88. The maximum atomic E-state index is 12.8.